The predicted octanol–water partition coefficient (Wildman–Crippen LogP) is 0.254. The van der Waals surface area contributed by atoms with Crippen molar-refractivity contribution in [2.45, 2.75) is 30.0 Å². The maximum Gasteiger partial charge on any atom is 0.351 e. The average Bonchev–Trinajstić information content (AvgIpc) is 2.52. The molecule has 10 heteroatoms. The summed E-state index contributed by atoms with van der Waals surface area (Å²) in [6, 6.07) is 1.09. The van der Waals surface area contributed by atoms with Crippen LogP contribution >= 0.6 is 11.6 Å². The van der Waals surface area contributed by atoms with Gasteiger partial charge in [-0.3, -0.25) is 4.57 Å². The van der Waals surface area contributed by atoms with Crippen molar-refractivity contribution in [1.29, 1.82) is 0 Å². The second-order valence-electron chi connectivity index (χ2n) is 3.95. The number of anilines is 1. The van der Waals surface area contributed by atoms with Crippen LogP contribution in [0.25, 0.3) is 0 Å². The molecule has 4 atom stereocenters. The first-order valence-corrected chi connectivity index (χ1v) is 5.53. The molecule has 1 aliphatic heterocycles. The molecule has 6 nitrogen and oxygen atoms in total. The molecule has 1 aliphatic rings. The number of nitrogen functional groups attached to an aromatic ring is 1. The molecule has 0 spiro atoms. The molecule has 2 rings (SSSR count). The summed E-state index contributed by atoms with van der Waals surface area (Å²) in [5, 5.41) is 9.30. The van der Waals surface area contributed by atoms with Gasteiger partial charge in [-0.2, -0.15) is 13.8 Å². The SMILES string of the molecule is Nc1ccn([C@@H]2O[C@H](C(F)Cl)[C@@H](O)C2(F)F)c(=O)n1. The number of nitrogens with zero attached hydrogens (tertiary/aromatic N) is 2. The zero-order valence-electron chi connectivity index (χ0n) is 9.21. The van der Waals surface area contributed by atoms with E-state index in [1.165, 1.54) is 0 Å². The van der Waals surface area contributed by atoms with Crippen molar-refractivity contribution >= 4 is 17.4 Å². The summed E-state index contributed by atoms with van der Waals surface area (Å²) >= 11 is 5.02. The number of aromatic nitrogens is 2. The normalized spacial score (nSPS) is 31.3. The fourth-order valence-corrected chi connectivity index (χ4v) is 1.93. The largest absolute Gasteiger partial charge is 0.384 e. The van der Waals surface area contributed by atoms with Gasteiger partial charge in [-0.25, -0.2) is 9.18 Å². The van der Waals surface area contributed by atoms with E-state index in [0.717, 1.165) is 12.3 Å². The Balaban J connectivity index is 2.42. The number of halogens is 4. The molecule has 1 aromatic rings. The minimum absolute atomic E-state index is 0.166. The summed E-state index contributed by atoms with van der Waals surface area (Å²) in [7, 11) is 0. The predicted molar refractivity (Wildman–Crippen MR) is 58.5 cm³/mol. The van der Waals surface area contributed by atoms with Crippen LogP contribution in [0, 0.1) is 0 Å². The number of nitrogens with two attached hydrogens (primary N) is 1. The fourth-order valence-electron chi connectivity index (χ4n) is 1.73. The minimum Gasteiger partial charge on any atom is -0.384 e. The van der Waals surface area contributed by atoms with E-state index in [2.05, 4.69) is 9.72 Å². The quantitative estimate of drug-likeness (QED) is 0.764. The lowest BCUT2D eigenvalue weighted by Crippen LogP contribution is -2.42. The van der Waals surface area contributed by atoms with Crippen molar-refractivity contribution < 1.29 is 23.0 Å². The van der Waals surface area contributed by atoms with E-state index >= 15 is 0 Å². The standard InChI is InChI=1S/C9H9ClF3N3O3/c10-6(11)4-5(17)9(12,13)7(19-4)16-2-1-3(14)15-8(16)18/h1-2,4-7,17H,(H2,14,15,18)/t4-,5+,6?,7+/m0/s1. The van der Waals surface area contributed by atoms with Gasteiger partial charge in [0, 0.05) is 6.20 Å². The third-order valence-corrected chi connectivity index (χ3v) is 2.92. The monoisotopic (exact) mass is 299 g/mol. The van der Waals surface area contributed by atoms with E-state index in [9.17, 15) is 23.1 Å². The van der Waals surface area contributed by atoms with E-state index in [1.54, 1.807) is 0 Å². The molecule has 2 heterocycles. The highest BCUT2D eigenvalue weighted by Gasteiger charge is 2.61. The van der Waals surface area contributed by atoms with Crippen molar-refractivity contribution in [2.75, 3.05) is 5.73 Å². The summed E-state index contributed by atoms with van der Waals surface area (Å²) < 4.78 is 45.4. The lowest BCUT2D eigenvalue weighted by molar-refractivity contribution is -0.140. The van der Waals surface area contributed by atoms with Crippen LogP contribution < -0.4 is 11.4 Å². The Morgan fingerprint density at radius 2 is 2.26 bits per heavy atom. The maximum atomic E-state index is 13.8. The molecular formula is C9H9ClF3N3O3. The van der Waals surface area contributed by atoms with Crippen molar-refractivity contribution in [1.82, 2.24) is 9.55 Å². The van der Waals surface area contributed by atoms with Gasteiger partial charge in [-0.1, -0.05) is 11.6 Å². The molecule has 0 saturated carbocycles. The number of rotatable bonds is 2. The molecular weight excluding hydrogens is 291 g/mol. The van der Waals surface area contributed by atoms with Crippen LogP contribution in [0.5, 0.6) is 0 Å². The van der Waals surface area contributed by atoms with Crippen LogP contribution in [0.2, 0.25) is 0 Å². The van der Waals surface area contributed by atoms with Gasteiger partial charge < -0.3 is 15.6 Å². The summed E-state index contributed by atoms with van der Waals surface area (Å²) in [6.07, 6.45) is -5.72. The van der Waals surface area contributed by atoms with Crippen molar-refractivity contribution in [3.05, 3.63) is 22.7 Å². The van der Waals surface area contributed by atoms with Crippen LogP contribution in [0.15, 0.2) is 17.1 Å². The number of aliphatic hydroxyl groups is 1. The second-order valence-corrected chi connectivity index (χ2v) is 4.37. The molecule has 1 saturated heterocycles. The molecule has 106 valence electrons. The fraction of sp³-hybridized carbons (Fsp3) is 0.556. The van der Waals surface area contributed by atoms with Gasteiger partial charge in [0.15, 0.2) is 6.10 Å². The lowest BCUT2D eigenvalue weighted by Gasteiger charge is -2.20. The Bertz CT molecular complexity index is 539. The first-order chi connectivity index (χ1) is 8.75. The Hall–Kier alpha value is -1.32. The Kier molecular flexibility index (Phi) is 3.45. The van der Waals surface area contributed by atoms with Gasteiger partial charge in [0.2, 0.25) is 11.9 Å². The number of hydrogen-bond acceptors (Lipinski definition) is 5. The van der Waals surface area contributed by atoms with Crippen LogP contribution in [-0.4, -0.2) is 38.4 Å². The van der Waals surface area contributed by atoms with Crippen LogP contribution in [0.4, 0.5) is 19.0 Å². The first-order valence-electron chi connectivity index (χ1n) is 5.09. The molecule has 1 unspecified atom stereocenters. The number of hydrogen-bond donors (Lipinski definition) is 2. The molecule has 1 fully saturated rings. The van der Waals surface area contributed by atoms with Gasteiger partial charge in [0.1, 0.15) is 11.9 Å². The van der Waals surface area contributed by atoms with Gasteiger partial charge in [0.05, 0.1) is 0 Å². The summed E-state index contributed by atoms with van der Waals surface area (Å²) in [5.74, 6) is -4.06. The topological polar surface area (TPSA) is 90.4 Å². The molecule has 0 bridgehead atoms. The Morgan fingerprint density at radius 3 is 2.74 bits per heavy atom. The molecule has 0 radical (unpaired) electrons. The van der Waals surface area contributed by atoms with Gasteiger partial charge in [0.25, 0.3) is 0 Å². The highest BCUT2D eigenvalue weighted by molar-refractivity contribution is 6.20. The van der Waals surface area contributed by atoms with Crippen molar-refractivity contribution in [3.8, 4) is 0 Å². The molecule has 1 aromatic heterocycles. The van der Waals surface area contributed by atoms with Gasteiger partial charge in [-0.05, 0) is 6.07 Å². The highest BCUT2D eigenvalue weighted by Crippen LogP contribution is 2.44. The van der Waals surface area contributed by atoms with Crippen LogP contribution in [-0.2, 0) is 4.74 Å². The lowest BCUT2D eigenvalue weighted by atomic mass is 10.1. The average molecular weight is 300 g/mol. The van der Waals surface area contributed by atoms with E-state index in [1.807, 2.05) is 0 Å². The second kappa shape index (κ2) is 4.66. The molecule has 19 heavy (non-hydrogen) atoms. The Labute approximate surface area is 109 Å². The zero-order chi connectivity index (χ0) is 14.4. The van der Waals surface area contributed by atoms with E-state index < -0.39 is 35.7 Å². The first kappa shape index (κ1) is 14.1. The van der Waals surface area contributed by atoms with E-state index in [-0.39, 0.29) is 5.82 Å². The summed E-state index contributed by atoms with van der Waals surface area (Å²) in [5.41, 5.74) is 1.76. The van der Waals surface area contributed by atoms with E-state index in [4.69, 9.17) is 17.3 Å². The zero-order valence-corrected chi connectivity index (χ0v) is 9.97. The molecule has 0 aromatic carbocycles. The van der Waals surface area contributed by atoms with Crippen molar-refractivity contribution in [3.63, 3.8) is 0 Å². The van der Waals surface area contributed by atoms with Crippen molar-refractivity contribution in [2.24, 2.45) is 0 Å². The number of aliphatic hydroxyl groups excluding tert-OH is 1. The maximum absolute atomic E-state index is 13.8. The highest BCUT2D eigenvalue weighted by atomic mass is 35.5. The third-order valence-electron chi connectivity index (χ3n) is 2.67. The molecule has 3 N–H and O–H groups in total. The van der Waals surface area contributed by atoms with E-state index in [0.29, 0.717) is 4.57 Å². The van der Waals surface area contributed by atoms with Gasteiger partial charge in [-0.15, -0.1) is 0 Å². The van der Waals surface area contributed by atoms with Crippen LogP contribution in [0.1, 0.15) is 6.23 Å². The van der Waals surface area contributed by atoms with Gasteiger partial charge >= 0.3 is 11.6 Å². The number of ether oxygens (including phenoxy) is 1. The number of alkyl halides is 4. The molecule has 0 aliphatic carbocycles. The van der Waals surface area contributed by atoms with Crippen LogP contribution in [0.3, 0.4) is 0 Å². The smallest absolute Gasteiger partial charge is 0.351 e. The molecule has 0 amide bonds. The summed E-state index contributed by atoms with van der Waals surface area (Å²) in [4.78, 5) is 14.7. The summed E-state index contributed by atoms with van der Waals surface area (Å²) in [6.45, 7) is 0. The minimum atomic E-state index is -3.90. The Morgan fingerprint density at radius 1 is 1.63 bits per heavy atom. The third kappa shape index (κ3) is 2.28.